The largest absolute Gasteiger partial charge is 0.312 e. The van der Waals surface area contributed by atoms with Crippen molar-refractivity contribution in [2.75, 3.05) is 6.54 Å². The minimum atomic E-state index is 0.551. The van der Waals surface area contributed by atoms with E-state index in [1.165, 1.54) is 17.0 Å². The highest BCUT2D eigenvalue weighted by Crippen LogP contribution is 2.27. The number of hydrogen-bond donors (Lipinski definition) is 2. The monoisotopic (exact) mass is 193 g/mol. The molecule has 0 spiro atoms. The smallest absolute Gasteiger partial charge is 0.0700 e. The second kappa shape index (κ2) is 3.73. The molecule has 3 nitrogen and oxygen atoms in total. The van der Waals surface area contributed by atoms with Gasteiger partial charge in [-0.25, -0.2) is 0 Å². The molecule has 0 fully saturated rings. The highest BCUT2D eigenvalue weighted by Gasteiger charge is 2.21. The number of aromatic amines is 1. The first-order valence-electron chi connectivity index (χ1n) is 5.47. The standard InChI is InChI=1S/C11H19N3/c1-7(2)8(3)11-9-6-12-5-4-10(9)13-14-11/h7-8,12H,4-6H2,1-3H3,(H,13,14). The van der Waals surface area contributed by atoms with Crippen molar-refractivity contribution < 1.29 is 0 Å². The topological polar surface area (TPSA) is 40.7 Å². The number of nitrogens with zero attached hydrogens (tertiary/aromatic N) is 1. The van der Waals surface area contributed by atoms with Crippen LogP contribution in [0.25, 0.3) is 0 Å². The third kappa shape index (κ3) is 1.57. The Labute approximate surface area is 85.3 Å². The van der Waals surface area contributed by atoms with Gasteiger partial charge in [0, 0.05) is 36.7 Å². The molecule has 1 atom stereocenters. The highest BCUT2D eigenvalue weighted by molar-refractivity contribution is 5.29. The van der Waals surface area contributed by atoms with Gasteiger partial charge in [0.05, 0.1) is 5.69 Å². The molecule has 0 aromatic carbocycles. The zero-order chi connectivity index (χ0) is 10.1. The molecule has 0 aliphatic carbocycles. The molecule has 2 rings (SSSR count). The van der Waals surface area contributed by atoms with E-state index in [0.717, 1.165) is 19.5 Å². The Bertz CT molecular complexity index is 314. The molecule has 1 aromatic heterocycles. The summed E-state index contributed by atoms with van der Waals surface area (Å²) >= 11 is 0. The Morgan fingerprint density at radius 1 is 1.29 bits per heavy atom. The van der Waals surface area contributed by atoms with E-state index in [9.17, 15) is 0 Å². The summed E-state index contributed by atoms with van der Waals surface area (Å²) < 4.78 is 0. The van der Waals surface area contributed by atoms with E-state index in [-0.39, 0.29) is 0 Å². The van der Waals surface area contributed by atoms with Crippen molar-refractivity contribution in [2.45, 2.75) is 39.7 Å². The number of hydrogen-bond acceptors (Lipinski definition) is 2. The van der Waals surface area contributed by atoms with E-state index in [4.69, 9.17) is 0 Å². The minimum Gasteiger partial charge on any atom is -0.312 e. The van der Waals surface area contributed by atoms with Crippen LogP contribution in [0.5, 0.6) is 0 Å². The van der Waals surface area contributed by atoms with Gasteiger partial charge in [0.1, 0.15) is 0 Å². The average Bonchev–Trinajstić information content (AvgIpc) is 2.60. The van der Waals surface area contributed by atoms with Gasteiger partial charge in [0.2, 0.25) is 0 Å². The van der Waals surface area contributed by atoms with Crippen LogP contribution in [0.4, 0.5) is 0 Å². The Morgan fingerprint density at radius 2 is 2.07 bits per heavy atom. The second-order valence-electron chi connectivity index (χ2n) is 4.53. The maximum atomic E-state index is 4.45. The van der Waals surface area contributed by atoms with Crippen molar-refractivity contribution in [2.24, 2.45) is 5.92 Å². The predicted octanol–water partition coefficient (Wildman–Crippen LogP) is 1.81. The molecule has 0 saturated carbocycles. The molecule has 1 unspecified atom stereocenters. The summed E-state index contributed by atoms with van der Waals surface area (Å²) in [6.07, 6.45) is 1.09. The molecule has 0 bridgehead atoms. The number of rotatable bonds is 2. The lowest BCUT2D eigenvalue weighted by Gasteiger charge is -2.18. The van der Waals surface area contributed by atoms with Crippen LogP contribution >= 0.6 is 0 Å². The fourth-order valence-electron chi connectivity index (χ4n) is 1.94. The van der Waals surface area contributed by atoms with Gasteiger partial charge in [-0.15, -0.1) is 0 Å². The Morgan fingerprint density at radius 3 is 2.79 bits per heavy atom. The first-order valence-corrected chi connectivity index (χ1v) is 5.47. The molecule has 1 aliphatic rings. The van der Waals surface area contributed by atoms with Crippen LogP contribution in [0.2, 0.25) is 0 Å². The molecule has 3 heteroatoms. The normalized spacial score (nSPS) is 18.3. The van der Waals surface area contributed by atoms with Crippen LogP contribution in [-0.2, 0) is 13.0 Å². The van der Waals surface area contributed by atoms with Crippen molar-refractivity contribution in [1.82, 2.24) is 15.5 Å². The van der Waals surface area contributed by atoms with Gasteiger partial charge in [0.15, 0.2) is 0 Å². The van der Waals surface area contributed by atoms with Crippen molar-refractivity contribution >= 4 is 0 Å². The zero-order valence-electron chi connectivity index (χ0n) is 9.22. The van der Waals surface area contributed by atoms with Gasteiger partial charge in [-0.2, -0.15) is 5.10 Å². The summed E-state index contributed by atoms with van der Waals surface area (Å²) in [6, 6.07) is 0. The summed E-state index contributed by atoms with van der Waals surface area (Å²) in [4.78, 5) is 0. The molecule has 2 N–H and O–H groups in total. The molecule has 0 saturated heterocycles. The highest BCUT2D eigenvalue weighted by atomic mass is 15.1. The fourth-order valence-corrected chi connectivity index (χ4v) is 1.94. The molecule has 0 amide bonds. The van der Waals surface area contributed by atoms with Crippen molar-refractivity contribution in [3.63, 3.8) is 0 Å². The van der Waals surface area contributed by atoms with E-state index in [1.807, 2.05) is 0 Å². The minimum absolute atomic E-state index is 0.551. The van der Waals surface area contributed by atoms with Gasteiger partial charge in [0.25, 0.3) is 0 Å². The molecule has 0 radical (unpaired) electrons. The van der Waals surface area contributed by atoms with Crippen LogP contribution in [0.1, 0.15) is 43.6 Å². The van der Waals surface area contributed by atoms with Crippen LogP contribution in [0.15, 0.2) is 0 Å². The van der Waals surface area contributed by atoms with E-state index in [2.05, 4.69) is 36.3 Å². The van der Waals surface area contributed by atoms with Crippen LogP contribution in [-0.4, -0.2) is 16.7 Å². The van der Waals surface area contributed by atoms with Crippen molar-refractivity contribution in [1.29, 1.82) is 0 Å². The van der Waals surface area contributed by atoms with Crippen molar-refractivity contribution in [3.8, 4) is 0 Å². The average molecular weight is 193 g/mol. The predicted molar refractivity (Wildman–Crippen MR) is 57.3 cm³/mol. The van der Waals surface area contributed by atoms with Crippen LogP contribution in [0.3, 0.4) is 0 Å². The molecule has 1 aromatic rings. The van der Waals surface area contributed by atoms with Gasteiger partial charge in [-0.1, -0.05) is 20.8 Å². The van der Waals surface area contributed by atoms with E-state index >= 15 is 0 Å². The lowest BCUT2D eigenvalue weighted by atomic mass is 9.90. The lowest BCUT2D eigenvalue weighted by Crippen LogP contribution is -2.24. The summed E-state index contributed by atoms with van der Waals surface area (Å²) in [5.41, 5.74) is 4.02. The number of fused-ring (bicyclic) bond motifs is 1. The lowest BCUT2D eigenvalue weighted by molar-refractivity contribution is 0.515. The molecule has 2 heterocycles. The molecule has 1 aliphatic heterocycles. The SMILES string of the molecule is CC(C)C(C)c1n[nH]c2c1CNCC2. The second-order valence-corrected chi connectivity index (χ2v) is 4.53. The third-order valence-electron chi connectivity index (χ3n) is 3.27. The Hall–Kier alpha value is -0.830. The Kier molecular flexibility index (Phi) is 2.59. The van der Waals surface area contributed by atoms with E-state index in [1.54, 1.807) is 0 Å². The third-order valence-corrected chi connectivity index (χ3v) is 3.27. The number of nitrogens with one attached hydrogen (secondary N) is 2. The first-order chi connectivity index (χ1) is 6.70. The Balaban J connectivity index is 2.30. The summed E-state index contributed by atoms with van der Waals surface area (Å²) in [5.74, 6) is 1.21. The summed E-state index contributed by atoms with van der Waals surface area (Å²) in [7, 11) is 0. The van der Waals surface area contributed by atoms with Gasteiger partial charge in [-0.05, 0) is 5.92 Å². The van der Waals surface area contributed by atoms with Gasteiger partial charge in [-0.3, -0.25) is 5.10 Å². The van der Waals surface area contributed by atoms with Crippen molar-refractivity contribution in [3.05, 3.63) is 17.0 Å². The van der Waals surface area contributed by atoms with Gasteiger partial charge < -0.3 is 5.32 Å². The molecule has 14 heavy (non-hydrogen) atoms. The maximum absolute atomic E-state index is 4.45. The van der Waals surface area contributed by atoms with Crippen LogP contribution in [0, 0.1) is 5.92 Å². The van der Waals surface area contributed by atoms with E-state index in [0.29, 0.717) is 11.8 Å². The first kappa shape index (κ1) is 9.71. The zero-order valence-corrected chi connectivity index (χ0v) is 9.22. The molecular formula is C11H19N3. The maximum Gasteiger partial charge on any atom is 0.0700 e. The number of aromatic nitrogens is 2. The quantitative estimate of drug-likeness (QED) is 0.752. The summed E-state index contributed by atoms with van der Waals surface area (Å²) in [5, 5.41) is 11.0. The number of H-pyrrole nitrogens is 1. The molecule has 78 valence electrons. The fraction of sp³-hybridized carbons (Fsp3) is 0.727. The summed E-state index contributed by atoms with van der Waals surface area (Å²) in [6.45, 7) is 8.82. The van der Waals surface area contributed by atoms with E-state index < -0.39 is 0 Å². The van der Waals surface area contributed by atoms with Gasteiger partial charge >= 0.3 is 0 Å². The van der Waals surface area contributed by atoms with Crippen LogP contribution < -0.4 is 5.32 Å². The molecular weight excluding hydrogens is 174 g/mol.